The second kappa shape index (κ2) is 10.3. The third kappa shape index (κ3) is 4.97. The molecular formula is C26H28N6O3S. The lowest BCUT2D eigenvalue weighted by atomic mass is 10.0. The van der Waals surface area contributed by atoms with Crippen LogP contribution in [0.3, 0.4) is 0 Å². The summed E-state index contributed by atoms with van der Waals surface area (Å²) in [6.45, 7) is 5.32. The number of hydrogen-bond acceptors (Lipinski definition) is 9. The van der Waals surface area contributed by atoms with Crippen molar-refractivity contribution in [3.8, 4) is 22.1 Å². The molecule has 0 atom stereocenters. The molecule has 0 spiro atoms. The quantitative estimate of drug-likeness (QED) is 0.411. The molecule has 4 aromatic heterocycles. The van der Waals surface area contributed by atoms with E-state index < -0.39 is 0 Å². The van der Waals surface area contributed by atoms with Crippen molar-refractivity contribution in [1.29, 1.82) is 0 Å². The Balaban J connectivity index is 1.05. The smallest absolute Gasteiger partial charge is 0.251 e. The number of thiazole rings is 1. The highest BCUT2D eigenvalue weighted by Gasteiger charge is 2.20. The summed E-state index contributed by atoms with van der Waals surface area (Å²) in [5.41, 5.74) is 3.59. The molecule has 2 aliphatic rings. The number of likely N-dealkylation sites (tertiary alicyclic amines) is 1. The molecule has 4 aromatic rings. The van der Waals surface area contributed by atoms with Crippen LogP contribution in [0, 0.1) is 0 Å². The number of nitrogens with zero attached hydrogens (tertiary/aromatic N) is 5. The largest absolute Gasteiger partial charge is 0.486 e. The number of nitrogens with one attached hydrogen (secondary N) is 1. The van der Waals surface area contributed by atoms with E-state index >= 15 is 0 Å². The zero-order valence-electron chi connectivity index (χ0n) is 19.9. The zero-order chi connectivity index (χ0) is 24.3. The van der Waals surface area contributed by atoms with Crippen molar-refractivity contribution in [2.75, 3.05) is 32.8 Å². The summed E-state index contributed by atoms with van der Waals surface area (Å²) >= 11 is 1.57. The van der Waals surface area contributed by atoms with Crippen molar-refractivity contribution >= 4 is 22.4 Å². The molecule has 36 heavy (non-hydrogen) atoms. The molecule has 0 bridgehead atoms. The van der Waals surface area contributed by atoms with Gasteiger partial charge in [-0.2, -0.15) is 0 Å². The summed E-state index contributed by atoms with van der Waals surface area (Å²) < 4.78 is 13.1. The van der Waals surface area contributed by atoms with E-state index in [1.165, 1.54) is 0 Å². The van der Waals surface area contributed by atoms with Crippen molar-refractivity contribution < 1.29 is 9.47 Å². The molecule has 1 fully saturated rings. The highest BCUT2D eigenvalue weighted by molar-refractivity contribution is 7.13. The molecule has 0 unspecified atom stereocenters. The van der Waals surface area contributed by atoms with Gasteiger partial charge < -0.3 is 24.3 Å². The molecule has 6 rings (SSSR count). The molecule has 0 aliphatic carbocycles. The number of rotatable bonds is 7. The molecule has 2 aliphatic heterocycles. The van der Waals surface area contributed by atoms with Crippen molar-refractivity contribution in [3.05, 3.63) is 64.3 Å². The Kier molecular flexibility index (Phi) is 6.63. The molecule has 1 N–H and O–H groups in total. The summed E-state index contributed by atoms with van der Waals surface area (Å²) in [7, 11) is 0. The van der Waals surface area contributed by atoms with Gasteiger partial charge in [-0.3, -0.25) is 14.8 Å². The van der Waals surface area contributed by atoms with E-state index in [-0.39, 0.29) is 5.56 Å². The summed E-state index contributed by atoms with van der Waals surface area (Å²) in [6, 6.07) is 7.85. The minimum absolute atomic E-state index is 0.00377. The van der Waals surface area contributed by atoms with Crippen molar-refractivity contribution in [2.24, 2.45) is 0 Å². The fourth-order valence-corrected chi connectivity index (χ4v) is 5.44. The first kappa shape index (κ1) is 23.1. The third-order valence-corrected chi connectivity index (χ3v) is 7.63. The van der Waals surface area contributed by atoms with Gasteiger partial charge in [0.15, 0.2) is 11.5 Å². The van der Waals surface area contributed by atoms with Gasteiger partial charge in [0.25, 0.3) is 5.56 Å². The SMILES string of the molecule is O=c1ccc2ncc(-c3nccs3)cc2n1CCN1CCC(NCc2cc3c(cn2)OCCO3)CC1. The van der Waals surface area contributed by atoms with Gasteiger partial charge in [0.2, 0.25) is 0 Å². The van der Waals surface area contributed by atoms with Crippen LogP contribution in [0.25, 0.3) is 21.6 Å². The van der Waals surface area contributed by atoms with Gasteiger partial charge in [0.05, 0.1) is 22.9 Å². The zero-order valence-corrected chi connectivity index (χ0v) is 20.7. The first-order chi connectivity index (χ1) is 17.7. The van der Waals surface area contributed by atoms with Crippen LogP contribution >= 0.6 is 11.3 Å². The van der Waals surface area contributed by atoms with Gasteiger partial charge in [0, 0.05) is 61.1 Å². The molecule has 6 heterocycles. The molecule has 0 saturated carbocycles. The molecular weight excluding hydrogens is 476 g/mol. The minimum atomic E-state index is 0.00377. The van der Waals surface area contributed by atoms with Gasteiger partial charge in [-0.05, 0) is 38.1 Å². The third-order valence-electron chi connectivity index (χ3n) is 6.80. The van der Waals surface area contributed by atoms with E-state index in [0.29, 0.717) is 32.3 Å². The van der Waals surface area contributed by atoms with Crippen LogP contribution in [-0.2, 0) is 13.1 Å². The Morgan fingerprint density at radius 2 is 1.86 bits per heavy atom. The van der Waals surface area contributed by atoms with Gasteiger partial charge in [-0.15, -0.1) is 11.3 Å². The average molecular weight is 505 g/mol. The Morgan fingerprint density at radius 1 is 1.00 bits per heavy atom. The van der Waals surface area contributed by atoms with E-state index in [4.69, 9.17) is 9.47 Å². The lowest BCUT2D eigenvalue weighted by Gasteiger charge is -2.32. The van der Waals surface area contributed by atoms with E-state index in [2.05, 4.69) is 25.2 Å². The molecule has 10 heteroatoms. The number of aromatic nitrogens is 4. The fourth-order valence-electron chi connectivity index (χ4n) is 4.82. The van der Waals surface area contributed by atoms with Crippen LogP contribution in [0.1, 0.15) is 18.5 Å². The molecule has 0 radical (unpaired) electrons. The molecule has 0 aromatic carbocycles. The Hall–Kier alpha value is -3.34. The number of ether oxygens (including phenoxy) is 2. The molecule has 186 valence electrons. The lowest BCUT2D eigenvalue weighted by Crippen LogP contribution is -2.43. The molecule has 9 nitrogen and oxygen atoms in total. The standard InChI is InChI=1S/C26H28N6O3S/c33-25-2-1-21-22(13-18(15-30-21)26-27-5-12-36-26)32(25)9-8-31-6-3-19(4-7-31)28-16-20-14-23-24(17-29-20)35-11-10-34-23/h1-2,5,12-15,17,19,28H,3-4,6-11,16H2. The molecule has 1 saturated heterocycles. The summed E-state index contributed by atoms with van der Waals surface area (Å²) in [5.74, 6) is 1.50. The van der Waals surface area contributed by atoms with E-state index in [0.717, 1.165) is 71.3 Å². The van der Waals surface area contributed by atoms with Crippen LogP contribution in [-0.4, -0.2) is 63.3 Å². The number of hydrogen-bond donors (Lipinski definition) is 1. The van der Waals surface area contributed by atoms with Crippen LogP contribution in [0.4, 0.5) is 0 Å². The van der Waals surface area contributed by atoms with Crippen molar-refractivity contribution in [2.45, 2.75) is 32.0 Å². The highest BCUT2D eigenvalue weighted by atomic mass is 32.1. The Bertz CT molecular complexity index is 1400. The maximum Gasteiger partial charge on any atom is 0.251 e. The second-order valence-electron chi connectivity index (χ2n) is 9.10. The van der Waals surface area contributed by atoms with Gasteiger partial charge in [-0.25, -0.2) is 4.98 Å². The molecule has 0 amide bonds. The van der Waals surface area contributed by atoms with Gasteiger partial charge >= 0.3 is 0 Å². The van der Waals surface area contributed by atoms with Crippen LogP contribution in [0.5, 0.6) is 11.5 Å². The predicted octanol–water partition coefficient (Wildman–Crippen LogP) is 2.94. The monoisotopic (exact) mass is 504 g/mol. The maximum absolute atomic E-state index is 12.7. The average Bonchev–Trinajstić information content (AvgIpc) is 3.47. The Morgan fingerprint density at radius 3 is 2.69 bits per heavy atom. The first-order valence-electron chi connectivity index (χ1n) is 12.3. The van der Waals surface area contributed by atoms with Crippen molar-refractivity contribution in [1.82, 2.24) is 29.7 Å². The topological polar surface area (TPSA) is 94.4 Å². The normalized spacial score (nSPS) is 16.4. The second-order valence-corrected chi connectivity index (χ2v) is 10.00. The number of pyridine rings is 3. The highest BCUT2D eigenvalue weighted by Crippen LogP contribution is 2.29. The van der Waals surface area contributed by atoms with Gasteiger partial charge in [0.1, 0.15) is 18.2 Å². The Labute approximate surface area is 212 Å². The number of fused-ring (bicyclic) bond motifs is 2. The summed E-state index contributed by atoms with van der Waals surface area (Å²) in [5, 5.41) is 6.50. The maximum atomic E-state index is 12.7. The van der Waals surface area contributed by atoms with Crippen LogP contribution in [0.2, 0.25) is 0 Å². The van der Waals surface area contributed by atoms with E-state index in [1.807, 2.05) is 28.3 Å². The predicted molar refractivity (Wildman–Crippen MR) is 139 cm³/mol. The van der Waals surface area contributed by atoms with Crippen LogP contribution in [0.15, 0.2) is 53.0 Å². The summed E-state index contributed by atoms with van der Waals surface area (Å²) in [6.07, 6.45) is 7.48. The van der Waals surface area contributed by atoms with E-state index in [9.17, 15) is 4.79 Å². The first-order valence-corrected chi connectivity index (χ1v) is 13.2. The van der Waals surface area contributed by atoms with Gasteiger partial charge in [-0.1, -0.05) is 0 Å². The minimum Gasteiger partial charge on any atom is -0.486 e. The van der Waals surface area contributed by atoms with E-state index in [1.54, 1.807) is 35.9 Å². The fraction of sp³-hybridized carbons (Fsp3) is 0.385. The van der Waals surface area contributed by atoms with Crippen LogP contribution < -0.4 is 20.3 Å². The summed E-state index contributed by atoms with van der Waals surface area (Å²) in [4.78, 5) is 28.6. The van der Waals surface area contributed by atoms with Crippen molar-refractivity contribution in [3.63, 3.8) is 0 Å². The number of piperidine rings is 1. The lowest BCUT2D eigenvalue weighted by molar-refractivity contribution is 0.170.